The third kappa shape index (κ3) is 2.24. The maximum Gasteiger partial charge on any atom is 0.174 e. The molecule has 0 spiro atoms. The van der Waals surface area contributed by atoms with Gasteiger partial charge in [0.1, 0.15) is 17.3 Å². The normalized spacial score (nSPS) is 16.2. The molecule has 4 rings (SSSR count). The molecule has 1 aliphatic rings. The van der Waals surface area contributed by atoms with Crippen molar-refractivity contribution in [2.75, 3.05) is 7.11 Å². The molecule has 120 valence electrons. The number of fused-ring (bicyclic) bond motifs is 1. The number of ether oxygens (including phenoxy) is 1. The summed E-state index contributed by atoms with van der Waals surface area (Å²) in [7, 11) is 1.64. The number of carbonyl (C=O) groups is 1. The Morgan fingerprint density at radius 2 is 1.75 bits per heavy atom. The van der Waals surface area contributed by atoms with Crippen molar-refractivity contribution < 1.29 is 13.9 Å². The second-order valence-corrected chi connectivity index (χ2v) is 6.10. The Labute approximate surface area is 140 Å². The fourth-order valence-corrected chi connectivity index (χ4v) is 3.45. The van der Waals surface area contributed by atoms with Crippen LogP contribution in [0.1, 0.15) is 33.2 Å². The topological polar surface area (TPSA) is 39.4 Å². The van der Waals surface area contributed by atoms with Gasteiger partial charge in [0, 0.05) is 11.1 Å². The van der Waals surface area contributed by atoms with E-state index in [9.17, 15) is 4.79 Å². The number of benzene rings is 2. The third-order valence-electron chi connectivity index (χ3n) is 4.73. The summed E-state index contributed by atoms with van der Waals surface area (Å²) >= 11 is 0. The number of hydrogen-bond donors (Lipinski definition) is 0. The number of furan rings is 1. The highest BCUT2D eigenvalue weighted by atomic mass is 16.5. The first-order valence-electron chi connectivity index (χ1n) is 8.05. The highest BCUT2D eigenvalue weighted by molar-refractivity contribution is 6.09. The summed E-state index contributed by atoms with van der Waals surface area (Å²) in [5.41, 5.74) is 3.76. The van der Waals surface area contributed by atoms with E-state index >= 15 is 0 Å². The van der Waals surface area contributed by atoms with Crippen LogP contribution in [0, 0.1) is 6.92 Å². The monoisotopic (exact) mass is 318 g/mol. The quantitative estimate of drug-likeness (QED) is 0.697. The molecule has 1 heterocycles. The van der Waals surface area contributed by atoms with Gasteiger partial charge >= 0.3 is 0 Å². The van der Waals surface area contributed by atoms with Crippen LogP contribution < -0.4 is 4.74 Å². The number of ketones is 1. The summed E-state index contributed by atoms with van der Waals surface area (Å²) in [5.74, 6) is 2.34. The zero-order valence-corrected chi connectivity index (χ0v) is 13.7. The van der Waals surface area contributed by atoms with Crippen molar-refractivity contribution in [3.8, 4) is 17.1 Å². The van der Waals surface area contributed by atoms with Gasteiger partial charge in [-0.3, -0.25) is 4.79 Å². The largest absolute Gasteiger partial charge is 0.497 e. The Morgan fingerprint density at radius 3 is 2.42 bits per heavy atom. The molecule has 1 aromatic heterocycles. The first kappa shape index (κ1) is 14.8. The van der Waals surface area contributed by atoms with Gasteiger partial charge in [-0.15, -0.1) is 0 Å². The van der Waals surface area contributed by atoms with Gasteiger partial charge in [0.05, 0.1) is 18.6 Å². The molecule has 3 aromatic rings. The molecule has 3 nitrogen and oxygen atoms in total. The van der Waals surface area contributed by atoms with Gasteiger partial charge in [0.15, 0.2) is 5.78 Å². The fourth-order valence-electron chi connectivity index (χ4n) is 3.45. The van der Waals surface area contributed by atoms with Crippen molar-refractivity contribution in [2.45, 2.75) is 19.3 Å². The van der Waals surface area contributed by atoms with Crippen LogP contribution in [0.5, 0.6) is 5.75 Å². The van der Waals surface area contributed by atoms with Crippen molar-refractivity contribution in [3.05, 3.63) is 77.0 Å². The number of aryl methyl sites for hydroxylation is 1. The van der Waals surface area contributed by atoms with Crippen LogP contribution in [0.4, 0.5) is 0 Å². The Bertz CT molecular complexity index is 889. The van der Waals surface area contributed by atoms with Crippen molar-refractivity contribution >= 4 is 5.78 Å². The van der Waals surface area contributed by atoms with Crippen LogP contribution in [0.25, 0.3) is 11.3 Å². The maximum atomic E-state index is 13.1. The molecule has 1 atom stereocenters. The van der Waals surface area contributed by atoms with Crippen molar-refractivity contribution in [1.82, 2.24) is 0 Å². The molecule has 0 saturated heterocycles. The average Bonchev–Trinajstić information content (AvgIpc) is 3.14. The van der Waals surface area contributed by atoms with Crippen LogP contribution >= 0.6 is 0 Å². The summed E-state index contributed by atoms with van der Waals surface area (Å²) in [5, 5.41) is 0. The Kier molecular flexibility index (Phi) is 3.49. The van der Waals surface area contributed by atoms with E-state index in [1.54, 1.807) is 7.11 Å². The molecule has 0 fully saturated rings. The molecular weight excluding hydrogens is 300 g/mol. The predicted octanol–water partition coefficient (Wildman–Crippen LogP) is 4.79. The van der Waals surface area contributed by atoms with Crippen LogP contribution in [-0.2, 0) is 6.42 Å². The average molecular weight is 318 g/mol. The van der Waals surface area contributed by atoms with Crippen LogP contribution in [0.15, 0.2) is 59.0 Å². The second-order valence-electron chi connectivity index (χ2n) is 6.10. The van der Waals surface area contributed by atoms with Gasteiger partial charge in [-0.2, -0.15) is 0 Å². The minimum atomic E-state index is -0.140. The first-order chi connectivity index (χ1) is 11.7. The van der Waals surface area contributed by atoms with Crippen molar-refractivity contribution in [1.29, 1.82) is 0 Å². The highest BCUT2D eigenvalue weighted by Crippen LogP contribution is 2.42. The van der Waals surface area contributed by atoms with E-state index in [-0.39, 0.29) is 11.7 Å². The van der Waals surface area contributed by atoms with E-state index in [4.69, 9.17) is 9.15 Å². The molecule has 0 aliphatic heterocycles. The number of Topliss-reactive ketones (excluding diaryl/α,β-unsaturated/α-hetero) is 1. The molecule has 1 aliphatic carbocycles. The van der Waals surface area contributed by atoms with Gasteiger partial charge in [0.25, 0.3) is 0 Å². The molecule has 0 N–H and O–H groups in total. The van der Waals surface area contributed by atoms with Crippen molar-refractivity contribution in [3.63, 3.8) is 0 Å². The fraction of sp³-hybridized carbons (Fsp3) is 0.190. The van der Waals surface area contributed by atoms with Crippen molar-refractivity contribution in [2.24, 2.45) is 0 Å². The van der Waals surface area contributed by atoms with Gasteiger partial charge in [-0.1, -0.05) is 42.5 Å². The lowest BCUT2D eigenvalue weighted by Crippen LogP contribution is -2.07. The summed E-state index contributed by atoms with van der Waals surface area (Å²) in [4.78, 5) is 13.1. The van der Waals surface area contributed by atoms with Crippen LogP contribution in [-0.4, -0.2) is 12.9 Å². The van der Waals surface area contributed by atoms with E-state index in [0.717, 1.165) is 33.8 Å². The zero-order valence-electron chi connectivity index (χ0n) is 13.7. The summed E-state index contributed by atoms with van der Waals surface area (Å²) in [6, 6.07) is 17.6. The number of rotatable bonds is 3. The van der Waals surface area contributed by atoms with Gasteiger partial charge in [-0.25, -0.2) is 0 Å². The summed E-state index contributed by atoms with van der Waals surface area (Å²) in [6.45, 7) is 1.94. The number of hydrogen-bond acceptors (Lipinski definition) is 3. The zero-order chi connectivity index (χ0) is 16.7. The maximum absolute atomic E-state index is 13.1. The molecule has 0 amide bonds. The van der Waals surface area contributed by atoms with E-state index < -0.39 is 0 Å². The minimum Gasteiger partial charge on any atom is -0.497 e. The molecular formula is C21H18O3. The number of methoxy groups -OCH3 is 1. The standard InChI is InChI=1S/C21H18O3/c1-13-17-12-18(14-8-10-16(23-2)11-9-14)20(22)19(17)21(24-13)15-6-4-3-5-7-15/h3-11,18H,12H2,1-2H3. The van der Waals surface area contributed by atoms with Gasteiger partial charge < -0.3 is 9.15 Å². The molecule has 2 aromatic carbocycles. The molecule has 3 heteroatoms. The van der Waals surface area contributed by atoms with Crippen LogP contribution in [0.2, 0.25) is 0 Å². The Morgan fingerprint density at radius 1 is 1.04 bits per heavy atom. The van der Waals surface area contributed by atoms with E-state index in [2.05, 4.69) is 0 Å². The van der Waals surface area contributed by atoms with E-state index in [1.807, 2.05) is 61.5 Å². The molecule has 24 heavy (non-hydrogen) atoms. The summed E-state index contributed by atoms with van der Waals surface area (Å²) in [6.07, 6.45) is 0.697. The molecule has 0 radical (unpaired) electrons. The highest BCUT2D eigenvalue weighted by Gasteiger charge is 2.38. The minimum absolute atomic E-state index is 0.140. The van der Waals surface area contributed by atoms with Crippen LogP contribution in [0.3, 0.4) is 0 Å². The third-order valence-corrected chi connectivity index (χ3v) is 4.73. The molecule has 0 saturated carbocycles. The van der Waals surface area contributed by atoms with E-state index in [0.29, 0.717) is 12.2 Å². The Hall–Kier alpha value is -2.81. The SMILES string of the molecule is COc1ccc(C2Cc3c(C)oc(-c4ccccc4)c3C2=O)cc1. The summed E-state index contributed by atoms with van der Waals surface area (Å²) < 4.78 is 11.1. The second kappa shape index (κ2) is 5.68. The lowest BCUT2D eigenvalue weighted by molar-refractivity contribution is 0.0972. The number of carbonyl (C=O) groups excluding carboxylic acids is 1. The predicted molar refractivity (Wildman–Crippen MR) is 92.7 cm³/mol. The van der Waals surface area contributed by atoms with E-state index in [1.165, 1.54) is 0 Å². The molecule has 0 bridgehead atoms. The lowest BCUT2D eigenvalue weighted by Gasteiger charge is -2.10. The van der Waals surface area contributed by atoms with Gasteiger partial charge in [-0.05, 0) is 31.0 Å². The smallest absolute Gasteiger partial charge is 0.174 e. The lowest BCUT2D eigenvalue weighted by atomic mass is 9.94. The molecule has 1 unspecified atom stereocenters. The van der Waals surface area contributed by atoms with Gasteiger partial charge in [0.2, 0.25) is 0 Å². The first-order valence-corrected chi connectivity index (χ1v) is 8.05. The Balaban J connectivity index is 1.75.